The molecule has 0 bridgehead atoms. The van der Waals surface area contributed by atoms with Crippen molar-refractivity contribution in [3.8, 4) is 0 Å². The van der Waals surface area contributed by atoms with Crippen LogP contribution < -0.4 is 5.73 Å². The van der Waals surface area contributed by atoms with E-state index in [2.05, 4.69) is 4.98 Å². The first-order valence-electron chi connectivity index (χ1n) is 5.93. The van der Waals surface area contributed by atoms with Gasteiger partial charge < -0.3 is 5.73 Å². The molecule has 0 amide bonds. The fourth-order valence-electron chi connectivity index (χ4n) is 2.19. The zero-order valence-electron chi connectivity index (χ0n) is 10.9. The summed E-state index contributed by atoms with van der Waals surface area (Å²) in [4.78, 5) is 18.9. The van der Waals surface area contributed by atoms with Gasteiger partial charge in [0.25, 0.3) is 0 Å². The van der Waals surface area contributed by atoms with Gasteiger partial charge in [-0.05, 0) is 37.6 Å². The maximum absolute atomic E-state index is 12.5. The average molecular weight is 323 g/mol. The number of rotatable bonds is 2. The molecular weight excluding hydrogens is 312 g/mol. The second kappa shape index (κ2) is 4.84. The second-order valence-corrected chi connectivity index (χ2v) is 7.25. The Kier molecular flexibility index (Phi) is 3.28. The highest BCUT2D eigenvalue weighted by Gasteiger charge is 2.21. The summed E-state index contributed by atoms with van der Waals surface area (Å²) >= 11 is 8.49. The van der Waals surface area contributed by atoms with Gasteiger partial charge in [-0.15, -0.1) is 22.7 Å². The number of aromatic nitrogens is 1. The van der Waals surface area contributed by atoms with Crippen LogP contribution in [0.25, 0.3) is 10.2 Å². The normalized spacial score (nSPS) is 11.2. The number of anilines is 1. The first-order chi connectivity index (χ1) is 9.47. The fraction of sp³-hybridized carbons (Fsp3) is 0.143. The molecule has 0 aromatic carbocycles. The van der Waals surface area contributed by atoms with Crippen LogP contribution in [0.1, 0.15) is 25.8 Å². The molecular formula is C14H11ClN2OS2. The molecule has 3 aromatic heterocycles. The van der Waals surface area contributed by atoms with Crippen molar-refractivity contribution in [2.45, 2.75) is 13.8 Å². The number of pyridine rings is 1. The summed E-state index contributed by atoms with van der Waals surface area (Å²) in [7, 11) is 0. The molecule has 0 saturated heterocycles. The first kappa shape index (κ1) is 13.5. The fourth-order valence-corrected chi connectivity index (χ4v) is 4.41. The number of aryl methyl sites for hydroxylation is 2. The predicted octanol–water partition coefficient (Wildman–Crippen LogP) is 4.44. The number of carbonyl (C=O) groups excluding carboxylic acids is 1. The number of fused-ring (bicyclic) bond motifs is 1. The third kappa shape index (κ3) is 2.12. The van der Waals surface area contributed by atoms with Gasteiger partial charge in [0.1, 0.15) is 9.71 Å². The monoisotopic (exact) mass is 322 g/mol. The number of nitrogens with two attached hydrogens (primary N) is 1. The lowest BCUT2D eigenvalue weighted by atomic mass is 10.1. The van der Waals surface area contributed by atoms with Crippen molar-refractivity contribution in [1.82, 2.24) is 4.98 Å². The molecule has 0 aliphatic rings. The first-order valence-corrected chi connectivity index (χ1v) is 7.94. The van der Waals surface area contributed by atoms with Gasteiger partial charge in [0.05, 0.1) is 14.9 Å². The molecule has 0 aliphatic carbocycles. The molecule has 3 heterocycles. The average Bonchev–Trinajstić information content (AvgIpc) is 2.93. The molecule has 0 saturated carbocycles. The number of halogens is 1. The van der Waals surface area contributed by atoms with Crippen LogP contribution in [-0.2, 0) is 0 Å². The number of thiophene rings is 2. The molecule has 102 valence electrons. The molecule has 0 atom stereocenters. The Hall–Kier alpha value is -1.43. The number of nitrogens with zero attached hydrogens (tertiary/aromatic N) is 1. The van der Waals surface area contributed by atoms with E-state index in [1.54, 1.807) is 12.1 Å². The van der Waals surface area contributed by atoms with E-state index in [-0.39, 0.29) is 5.78 Å². The minimum absolute atomic E-state index is 0.0838. The van der Waals surface area contributed by atoms with Crippen LogP contribution in [0.3, 0.4) is 0 Å². The largest absolute Gasteiger partial charge is 0.397 e. The van der Waals surface area contributed by atoms with Crippen molar-refractivity contribution in [2.24, 2.45) is 0 Å². The lowest BCUT2D eigenvalue weighted by Crippen LogP contribution is -1.99. The summed E-state index contributed by atoms with van der Waals surface area (Å²) in [5, 5.41) is 0.881. The molecule has 2 N–H and O–H groups in total. The summed E-state index contributed by atoms with van der Waals surface area (Å²) < 4.78 is 0.596. The highest BCUT2D eigenvalue weighted by molar-refractivity contribution is 7.23. The summed E-state index contributed by atoms with van der Waals surface area (Å²) in [6.07, 6.45) is 0. The highest BCUT2D eigenvalue weighted by atomic mass is 35.5. The number of hydrogen-bond acceptors (Lipinski definition) is 5. The van der Waals surface area contributed by atoms with Crippen molar-refractivity contribution < 1.29 is 4.79 Å². The lowest BCUT2D eigenvalue weighted by molar-refractivity contribution is 0.104. The molecule has 20 heavy (non-hydrogen) atoms. The van der Waals surface area contributed by atoms with Crippen molar-refractivity contribution in [1.29, 1.82) is 0 Å². The molecule has 0 radical (unpaired) electrons. The van der Waals surface area contributed by atoms with Gasteiger partial charge in [-0.3, -0.25) is 4.79 Å². The van der Waals surface area contributed by atoms with E-state index in [4.69, 9.17) is 17.3 Å². The molecule has 3 aromatic rings. The van der Waals surface area contributed by atoms with Crippen LogP contribution in [0.4, 0.5) is 5.69 Å². The van der Waals surface area contributed by atoms with Crippen LogP contribution in [-0.4, -0.2) is 10.8 Å². The van der Waals surface area contributed by atoms with Gasteiger partial charge in [-0.2, -0.15) is 0 Å². The Morgan fingerprint density at radius 2 is 2.05 bits per heavy atom. The van der Waals surface area contributed by atoms with Gasteiger partial charge in [-0.1, -0.05) is 11.6 Å². The summed E-state index contributed by atoms with van der Waals surface area (Å²) in [5.41, 5.74) is 8.65. The summed E-state index contributed by atoms with van der Waals surface area (Å²) in [6.45, 7) is 3.92. The quantitative estimate of drug-likeness (QED) is 0.709. The number of carbonyl (C=O) groups is 1. The Morgan fingerprint density at radius 1 is 1.30 bits per heavy atom. The smallest absolute Gasteiger partial charge is 0.215 e. The zero-order chi connectivity index (χ0) is 14.4. The maximum Gasteiger partial charge on any atom is 0.215 e. The van der Waals surface area contributed by atoms with Gasteiger partial charge in [0.15, 0.2) is 0 Å². The van der Waals surface area contributed by atoms with Gasteiger partial charge >= 0.3 is 0 Å². The van der Waals surface area contributed by atoms with Gasteiger partial charge in [0, 0.05) is 11.1 Å². The molecule has 0 unspecified atom stereocenters. The molecule has 0 aliphatic heterocycles. The van der Waals surface area contributed by atoms with Crippen LogP contribution in [0.5, 0.6) is 0 Å². The van der Waals surface area contributed by atoms with E-state index in [1.165, 1.54) is 22.7 Å². The minimum Gasteiger partial charge on any atom is -0.397 e. The molecule has 3 rings (SSSR count). The lowest BCUT2D eigenvalue weighted by Gasteiger charge is -1.99. The Bertz CT molecular complexity index is 835. The molecule has 6 heteroatoms. The Morgan fingerprint density at radius 3 is 2.70 bits per heavy atom. The van der Waals surface area contributed by atoms with Crippen molar-refractivity contribution in [3.63, 3.8) is 0 Å². The maximum atomic E-state index is 12.5. The molecule has 0 fully saturated rings. The third-order valence-corrected chi connectivity index (χ3v) is 5.36. The predicted molar refractivity (Wildman–Crippen MR) is 86.3 cm³/mol. The minimum atomic E-state index is -0.0838. The summed E-state index contributed by atoms with van der Waals surface area (Å²) in [6, 6.07) is 5.42. The van der Waals surface area contributed by atoms with Gasteiger partial charge in [-0.25, -0.2) is 4.98 Å². The van der Waals surface area contributed by atoms with Crippen molar-refractivity contribution in [2.75, 3.05) is 5.73 Å². The Labute approximate surface area is 129 Å². The van der Waals surface area contributed by atoms with Crippen LogP contribution in [0.15, 0.2) is 18.2 Å². The molecule has 3 nitrogen and oxygen atoms in total. The molecule has 0 spiro atoms. The van der Waals surface area contributed by atoms with E-state index in [0.29, 0.717) is 19.8 Å². The van der Waals surface area contributed by atoms with Crippen LogP contribution in [0.2, 0.25) is 4.34 Å². The summed E-state index contributed by atoms with van der Waals surface area (Å²) in [5.74, 6) is -0.0838. The van der Waals surface area contributed by atoms with Gasteiger partial charge in [0.2, 0.25) is 5.78 Å². The number of nitrogen functional groups attached to an aromatic ring is 1. The third-order valence-electron chi connectivity index (χ3n) is 3.03. The Balaban J connectivity index is 2.20. The van der Waals surface area contributed by atoms with E-state index in [0.717, 1.165) is 21.5 Å². The van der Waals surface area contributed by atoms with Crippen molar-refractivity contribution >= 4 is 56.0 Å². The number of ketones is 1. The van der Waals surface area contributed by atoms with E-state index < -0.39 is 0 Å². The zero-order valence-corrected chi connectivity index (χ0v) is 13.2. The number of hydrogen-bond donors (Lipinski definition) is 1. The van der Waals surface area contributed by atoms with Crippen LogP contribution in [0, 0.1) is 13.8 Å². The van der Waals surface area contributed by atoms with E-state index in [9.17, 15) is 4.79 Å². The van der Waals surface area contributed by atoms with E-state index >= 15 is 0 Å². The highest BCUT2D eigenvalue weighted by Crippen LogP contribution is 2.37. The SMILES string of the molecule is Cc1cc(C)c2c(N)c(C(=O)c3ccc(Cl)s3)sc2n1. The van der Waals surface area contributed by atoms with Crippen LogP contribution >= 0.6 is 34.3 Å². The second-order valence-electron chi connectivity index (χ2n) is 4.54. The van der Waals surface area contributed by atoms with E-state index in [1.807, 2.05) is 19.9 Å². The standard InChI is InChI=1S/C14H11ClN2OS2/c1-6-5-7(2)17-14-10(6)11(16)13(20-14)12(18)8-3-4-9(15)19-8/h3-5H,16H2,1-2H3. The topological polar surface area (TPSA) is 56.0 Å². The van der Waals surface area contributed by atoms with Crippen molar-refractivity contribution in [3.05, 3.63) is 43.5 Å².